The Morgan fingerprint density at radius 2 is 1.81 bits per heavy atom. The average Bonchev–Trinajstić information content (AvgIpc) is 2.46. The predicted molar refractivity (Wildman–Crippen MR) is 96.9 cm³/mol. The van der Waals surface area contributed by atoms with Crippen molar-refractivity contribution in [2.75, 3.05) is 25.6 Å². The Morgan fingerprint density at radius 3 is 2.43 bits per heavy atom. The summed E-state index contributed by atoms with van der Waals surface area (Å²) in [5.41, 5.74) is 2.88. The van der Waals surface area contributed by atoms with Crippen molar-refractivity contribution < 1.29 is 0 Å². The lowest BCUT2D eigenvalue weighted by atomic mass is 10.1. The molecule has 0 saturated carbocycles. The van der Waals surface area contributed by atoms with E-state index in [0.717, 1.165) is 19.6 Å². The van der Waals surface area contributed by atoms with E-state index in [1.165, 1.54) is 23.3 Å². The van der Waals surface area contributed by atoms with Crippen LogP contribution in [0.1, 0.15) is 38.3 Å². The molecule has 1 aromatic rings. The summed E-state index contributed by atoms with van der Waals surface area (Å²) in [6.45, 7) is 9.92. The maximum absolute atomic E-state index is 3.56. The van der Waals surface area contributed by atoms with Crippen LogP contribution in [0.5, 0.6) is 0 Å². The average molecular weight is 309 g/mol. The van der Waals surface area contributed by atoms with Crippen LogP contribution in [0, 0.1) is 5.92 Å². The van der Waals surface area contributed by atoms with E-state index in [2.05, 4.69) is 68.6 Å². The van der Waals surface area contributed by atoms with Crippen LogP contribution in [-0.2, 0) is 13.1 Å². The highest BCUT2D eigenvalue weighted by atomic mass is 32.2. The van der Waals surface area contributed by atoms with Crippen LogP contribution in [0.3, 0.4) is 0 Å². The Labute approximate surface area is 135 Å². The summed E-state index contributed by atoms with van der Waals surface area (Å²) in [7, 11) is 2.24. The van der Waals surface area contributed by atoms with Crippen molar-refractivity contribution in [3.05, 3.63) is 35.4 Å². The van der Waals surface area contributed by atoms with Gasteiger partial charge >= 0.3 is 0 Å². The molecule has 120 valence electrons. The molecule has 21 heavy (non-hydrogen) atoms. The Morgan fingerprint density at radius 1 is 1.14 bits per heavy atom. The first-order chi connectivity index (χ1) is 10.0. The molecule has 0 saturated heterocycles. The lowest BCUT2D eigenvalue weighted by molar-refractivity contribution is 0.244. The topological polar surface area (TPSA) is 15.3 Å². The molecule has 1 rings (SSSR count). The van der Waals surface area contributed by atoms with E-state index in [0.29, 0.717) is 12.0 Å². The molecule has 1 atom stereocenters. The number of nitrogens with zero attached hydrogens (tertiary/aromatic N) is 1. The number of hydrogen-bond donors (Lipinski definition) is 1. The van der Waals surface area contributed by atoms with E-state index in [9.17, 15) is 0 Å². The van der Waals surface area contributed by atoms with E-state index in [-0.39, 0.29) is 0 Å². The fourth-order valence-electron chi connectivity index (χ4n) is 2.31. The SMILES string of the molecule is CSCCC(C)N(C)Cc1ccccc1CNCC(C)C. The fourth-order valence-corrected chi connectivity index (χ4v) is 2.89. The van der Waals surface area contributed by atoms with Crippen molar-refractivity contribution in [2.24, 2.45) is 5.92 Å². The third-order valence-electron chi connectivity index (χ3n) is 3.90. The molecule has 1 unspecified atom stereocenters. The third-order valence-corrected chi connectivity index (χ3v) is 4.54. The van der Waals surface area contributed by atoms with Crippen molar-refractivity contribution in [3.63, 3.8) is 0 Å². The summed E-state index contributed by atoms with van der Waals surface area (Å²) in [5, 5.41) is 3.56. The molecule has 1 aromatic carbocycles. The molecule has 0 aliphatic heterocycles. The normalized spacial score (nSPS) is 13.1. The second-order valence-electron chi connectivity index (χ2n) is 6.34. The van der Waals surface area contributed by atoms with Gasteiger partial charge in [-0.05, 0) is 56.0 Å². The number of nitrogens with one attached hydrogen (secondary N) is 1. The van der Waals surface area contributed by atoms with Crippen LogP contribution in [0.25, 0.3) is 0 Å². The molecular formula is C18H32N2S. The maximum atomic E-state index is 3.56. The zero-order valence-corrected chi connectivity index (χ0v) is 15.2. The minimum Gasteiger partial charge on any atom is -0.312 e. The largest absolute Gasteiger partial charge is 0.312 e. The fraction of sp³-hybridized carbons (Fsp3) is 0.667. The molecule has 3 heteroatoms. The van der Waals surface area contributed by atoms with Crippen LogP contribution in [0.15, 0.2) is 24.3 Å². The molecule has 0 aromatic heterocycles. The highest BCUT2D eigenvalue weighted by molar-refractivity contribution is 7.98. The van der Waals surface area contributed by atoms with Crippen molar-refractivity contribution in [2.45, 2.75) is 46.3 Å². The molecule has 0 fully saturated rings. The van der Waals surface area contributed by atoms with Crippen molar-refractivity contribution in [1.29, 1.82) is 0 Å². The zero-order valence-electron chi connectivity index (χ0n) is 14.4. The first-order valence-corrected chi connectivity index (χ1v) is 9.40. The van der Waals surface area contributed by atoms with Crippen LogP contribution in [0.2, 0.25) is 0 Å². The van der Waals surface area contributed by atoms with Gasteiger partial charge in [0.2, 0.25) is 0 Å². The quantitative estimate of drug-likeness (QED) is 0.703. The maximum Gasteiger partial charge on any atom is 0.0236 e. The van der Waals surface area contributed by atoms with Crippen LogP contribution >= 0.6 is 11.8 Å². The third kappa shape index (κ3) is 7.35. The van der Waals surface area contributed by atoms with Gasteiger partial charge in [0.25, 0.3) is 0 Å². The first kappa shape index (κ1) is 18.5. The summed E-state index contributed by atoms with van der Waals surface area (Å²) in [5.74, 6) is 1.94. The Balaban J connectivity index is 2.57. The first-order valence-electron chi connectivity index (χ1n) is 8.01. The van der Waals surface area contributed by atoms with Crippen LogP contribution in [0.4, 0.5) is 0 Å². The Bertz CT molecular complexity index is 393. The molecule has 0 radical (unpaired) electrons. The minimum atomic E-state index is 0.633. The molecule has 2 nitrogen and oxygen atoms in total. The number of benzene rings is 1. The second-order valence-corrected chi connectivity index (χ2v) is 7.32. The van der Waals surface area contributed by atoms with Crippen molar-refractivity contribution in [1.82, 2.24) is 10.2 Å². The van der Waals surface area contributed by atoms with Gasteiger partial charge in [0.05, 0.1) is 0 Å². The smallest absolute Gasteiger partial charge is 0.0236 e. The zero-order chi connectivity index (χ0) is 15.7. The van der Waals surface area contributed by atoms with E-state index in [1.807, 2.05) is 11.8 Å². The Hall–Kier alpha value is -0.510. The monoisotopic (exact) mass is 308 g/mol. The second kappa shape index (κ2) is 10.3. The van der Waals surface area contributed by atoms with Gasteiger partial charge in [-0.25, -0.2) is 0 Å². The van der Waals surface area contributed by atoms with E-state index >= 15 is 0 Å². The highest BCUT2D eigenvalue weighted by Crippen LogP contribution is 2.14. The number of hydrogen-bond acceptors (Lipinski definition) is 3. The molecular weight excluding hydrogens is 276 g/mol. The lowest BCUT2D eigenvalue weighted by Crippen LogP contribution is -2.30. The van der Waals surface area contributed by atoms with Gasteiger partial charge in [0.1, 0.15) is 0 Å². The van der Waals surface area contributed by atoms with Crippen LogP contribution < -0.4 is 5.32 Å². The summed E-state index contributed by atoms with van der Waals surface area (Å²) < 4.78 is 0. The highest BCUT2D eigenvalue weighted by Gasteiger charge is 2.11. The van der Waals surface area contributed by atoms with Gasteiger partial charge in [0.15, 0.2) is 0 Å². The van der Waals surface area contributed by atoms with Crippen LogP contribution in [-0.4, -0.2) is 36.5 Å². The lowest BCUT2D eigenvalue weighted by Gasteiger charge is -2.25. The molecule has 0 amide bonds. The summed E-state index contributed by atoms with van der Waals surface area (Å²) in [6.07, 6.45) is 3.44. The van der Waals surface area contributed by atoms with Gasteiger partial charge in [-0.1, -0.05) is 38.1 Å². The molecule has 0 aliphatic rings. The van der Waals surface area contributed by atoms with Crippen molar-refractivity contribution in [3.8, 4) is 0 Å². The van der Waals surface area contributed by atoms with E-state index < -0.39 is 0 Å². The van der Waals surface area contributed by atoms with Gasteiger partial charge in [-0.3, -0.25) is 4.90 Å². The molecule has 0 aliphatic carbocycles. The summed E-state index contributed by atoms with van der Waals surface area (Å²) >= 11 is 1.93. The van der Waals surface area contributed by atoms with E-state index in [4.69, 9.17) is 0 Å². The summed E-state index contributed by atoms with van der Waals surface area (Å²) in [6, 6.07) is 9.45. The molecule has 1 N–H and O–H groups in total. The van der Waals surface area contributed by atoms with Gasteiger partial charge in [-0.2, -0.15) is 11.8 Å². The summed E-state index contributed by atoms with van der Waals surface area (Å²) in [4.78, 5) is 2.47. The number of rotatable bonds is 10. The Kier molecular flexibility index (Phi) is 9.05. The minimum absolute atomic E-state index is 0.633. The molecule has 0 bridgehead atoms. The standard InChI is InChI=1S/C18H32N2S/c1-15(2)12-19-13-17-8-6-7-9-18(17)14-20(4)16(3)10-11-21-5/h6-9,15-16,19H,10-14H2,1-5H3. The van der Waals surface area contributed by atoms with Gasteiger partial charge in [-0.15, -0.1) is 0 Å². The number of thioether (sulfide) groups is 1. The van der Waals surface area contributed by atoms with E-state index in [1.54, 1.807) is 0 Å². The predicted octanol–water partition coefficient (Wildman–Crippen LogP) is 4.01. The van der Waals surface area contributed by atoms with Gasteiger partial charge in [0, 0.05) is 19.1 Å². The van der Waals surface area contributed by atoms with Gasteiger partial charge < -0.3 is 5.32 Å². The van der Waals surface area contributed by atoms with Crippen molar-refractivity contribution >= 4 is 11.8 Å². The molecule has 0 heterocycles. The molecule has 0 spiro atoms.